The van der Waals surface area contributed by atoms with Crippen molar-refractivity contribution in [1.29, 1.82) is 0 Å². The zero-order valence-corrected chi connectivity index (χ0v) is 14.6. The number of alkyl halides is 6. The maximum absolute atomic E-state index is 13.3. The molecule has 150 valence electrons. The molecule has 0 aliphatic carbocycles. The van der Waals surface area contributed by atoms with Gasteiger partial charge < -0.3 is 0 Å². The third kappa shape index (κ3) is 3.72. The van der Waals surface area contributed by atoms with Crippen molar-refractivity contribution >= 4 is 11.4 Å². The number of pyridine rings is 1. The van der Waals surface area contributed by atoms with Crippen LogP contribution in [0.5, 0.6) is 0 Å². The number of nitrogens with one attached hydrogen (secondary N) is 1. The molecular formula is C20H13F6N3. The number of hydrogen-bond acceptors (Lipinski definition) is 3. The highest BCUT2D eigenvalue weighted by Gasteiger charge is 2.34. The van der Waals surface area contributed by atoms with E-state index in [9.17, 15) is 26.3 Å². The van der Waals surface area contributed by atoms with Crippen LogP contribution in [-0.2, 0) is 18.9 Å². The van der Waals surface area contributed by atoms with E-state index in [0.29, 0.717) is 22.5 Å². The molecule has 1 aliphatic rings. The third-order valence-electron chi connectivity index (χ3n) is 4.58. The molecule has 4 rings (SSSR count). The molecular weight excluding hydrogens is 396 g/mol. The first kappa shape index (κ1) is 19.1. The Balaban J connectivity index is 1.62. The Morgan fingerprint density at radius 3 is 2.24 bits per heavy atom. The van der Waals surface area contributed by atoms with Crippen molar-refractivity contribution in [2.45, 2.75) is 18.9 Å². The molecule has 0 unspecified atom stereocenters. The molecule has 9 heteroatoms. The molecule has 0 spiro atoms. The quantitative estimate of drug-likeness (QED) is 0.516. The Kier molecular flexibility index (Phi) is 4.40. The minimum absolute atomic E-state index is 0.171. The molecule has 0 saturated heterocycles. The average molecular weight is 409 g/mol. The van der Waals surface area contributed by atoms with Crippen LogP contribution >= 0.6 is 0 Å². The van der Waals surface area contributed by atoms with Gasteiger partial charge in [-0.3, -0.25) is 15.4 Å². The van der Waals surface area contributed by atoms with Gasteiger partial charge in [0.25, 0.3) is 0 Å². The van der Waals surface area contributed by atoms with Gasteiger partial charge in [-0.25, -0.2) is 0 Å². The molecule has 0 atom stereocenters. The fraction of sp³-hybridized carbons (Fsp3) is 0.150. The molecule has 0 bridgehead atoms. The summed E-state index contributed by atoms with van der Waals surface area (Å²) in [5.74, 6) is 0. The molecule has 0 fully saturated rings. The van der Waals surface area contributed by atoms with Crippen LogP contribution in [0.3, 0.4) is 0 Å². The van der Waals surface area contributed by atoms with Crippen molar-refractivity contribution in [3.8, 4) is 11.3 Å². The van der Waals surface area contributed by atoms with E-state index in [2.05, 4.69) is 10.4 Å². The number of nitrogens with zero attached hydrogens (tertiary/aromatic N) is 2. The van der Waals surface area contributed by atoms with Gasteiger partial charge in [-0.1, -0.05) is 6.07 Å². The van der Waals surface area contributed by atoms with Crippen LogP contribution in [0.4, 0.5) is 37.7 Å². The summed E-state index contributed by atoms with van der Waals surface area (Å²) in [6, 6.07) is 11.6. The first-order chi connectivity index (χ1) is 13.6. The lowest BCUT2D eigenvalue weighted by molar-refractivity contribution is -0.138. The number of halogens is 6. The van der Waals surface area contributed by atoms with Crippen LogP contribution in [0.25, 0.3) is 11.3 Å². The standard InChI is InChI=1S/C20H13F6N3/c21-19(22,23)14-4-6-15(7-5-14)29-11-13-10-12(3-8-17(13)28-29)18-16(20(24,25)26)2-1-9-27-18/h1-10,28H,11H2. The number of benzene rings is 2. The normalized spacial score (nSPS) is 13.9. The Hall–Kier alpha value is -3.23. The summed E-state index contributed by atoms with van der Waals surface area (Å²) < 4.78 is 78.0. The minimum atomic E-state index is -4.53. The van der Waals surface area contributed by atoms with Gasteiger partial charge in [-0.2, -0.15) is 26.3 Å². The van der Waals surface area contributed by atoms with Crippen molar-refractivity contribution in [3.05, 3.63) is 77.5 Å². The summed E-state index contributed by atoms with van der Waals surface area (Å²) >= 11 is 0. The number of hydrazine groups is 1. The van der Waals surface area contributed by atoms with Crippen molar-refractivity contribution < 1.29 is 26.3 Å². The van der Waals surface area contributed by atoms with Gasteiger partial charge in [0.05, 0.1) is 34.7 Å². The third-order valence-corrected chi connectivity index (χ3v) is 4.58. The molecule has 1 aromatic heterocycles. The number of rotatable bonds is 2. The number of anilines is 2. The lowest BCUT2D eigenvalue weighted by atomic mass is 10.0. The molecule has 3 aromatic rings. The smallest absolute Gasteiger partial charge is 0.298 e. The Labute approximate surface area is 161 Å². The van der Waals surface area contributed by atoms with Gasteiger partial charge in [-0.15, -0.1) is 0 Å². The van der Waals surface area contributed by atoms with E-state index in [-0.39, 0.29) is 12.2 Å². The van der Waals surface area contributed by atoms with Gasteiger partial charge in [0, 0.05) is 11.8 Å². The monoisotopic (exact) mass is 409 g/mol. The summed E-state index contributed by atoms with van der Waals surface area (Å²) in [5.41, 5.74) is 3.48. The molecule has 0 saturated carbocycles. The molecule has 2 aromatic carbocycles. The van der Waals surface area contributed by atoms with Gasteiger partial charge in [0.1, 0.15) is 0 Å². The zero-order chi connectivity index (χ0) is 20.8. The number of fused-ring (bicyclic) bond motifs is 1. The summed E-state index contributed by atoms with van der Waals surface area (Å²) in [5, 5.41) is 1.62. The molecule has 29 heavy (non-hydrogen) atoms. The molecule has 1 N–H and O–H groups in total. The van der Waals surface area contributed by atoms with Gasteiger partial charge in [0.15, 0.2) is 0 Å². The molecule has 3 nitrogen and oxygen atoms in total. The van der Waals surface area contributed by atoms with E-state index in [4.69, 9.17) is 0 Å². The second kappa shape index (κ2) is 6.68. The number of aromatic nitrogens is 1. The van der Waals surface area contributed by atoms with E-state index in [1.54, 1.807) is 17.1 Å². The highest BCUT2D eigenvalue weighted by atomic mass is 19.4. The SMILES string of the molecule is FC(F)(F)c1ccc(N2Cc3cc(-c4ncccc4C(F)(F)F)ccc3N2)cc1. The lowest BCUT2D eigenvalue weighted by Crippen LogP contribution is -2.22. The maximum atomic E-state index is 13.3. The largest absolute Gasteiger partial charge is 0.418 e. The van der Waals surface area contributed by atoms with Crippen molar-refractivity contribution in [2.24, 2.45) is 0 Å². The molecule has 2 heterocycles. The average Bonchev–Trinajstić information content (AvgIpc) is 3.10. The second-order valence-corrected chi connectivity index (χ2v) is 6.51. The second-order valence-electron chi connectivity index (χ2n) is 6.51. The van der Waals surface area contributed by atoms with E-state index in [1.165, 1.54) is 30.5 Å². The van der Waals surface area contributed by atoms with Crippen LogP contribution in [0.2, 0.25) is 0 Å². The van der Waals surface area contributed by atoms with Crippen LogP contribution < -0.4 is 10.4 Å². The zero-order valence-electron chi connectivity index (χ0n) is 14.6. The van der Waals surface area contributed by atoms with Crippen LogP contribution in [0.15, 0.2) is 60.8 Å². The van der Waals surface area contributed by atoms with Crippen LogP contribution in [0.1, 0.15) is 16.7 Å². The van der Waals surface area contributed by atoms with E-state index in [1.807, 2.05) is 0 Å². The summed E-state index contributed by atoms with van der Waals surface area (Å²) in [7, 11) is 0. The minimum Gasteiger partial charge on any atom is -0.298 e. The molecule has 0 radical (unpaired) electrons. The maximum Gasteiger partial charge on any atom is 0.418 e. The number of hydrogen-bond donors (Lipinski definition) is 1. The van der Waals surface area contributed by atoms with E-state index >= 15 is 0 Å². The highest BCUT2D eigenvalue weighted by Crippen LogP contribution is 2.38. The van der Waals surface area contributed by atoms with Crippen LogP contribution in [-0.4, -0.2) is 4.98 Å². The summed E-state index contributed by atoms with van der Waals surface area (Å²) in [4.78, 5) is 3.89. The topological polar surface area (TPSA) is 28.2 Å². The van der Waals surface area contributed by atoms with Crippen molar-refractivity contribution in [2.75, 3.05) is 10.4 Å². The molecule has 0 amide bonds. The van der Waals surface area contributed by atoms with Crippen LogP contribution in [0, 0.1) is 0 Å². The fourth-order valence-electron chi connectivity index (χ4n) is 3.19. The summed E-state index contributed by atoms with van der Waals surface area (Å²) in [6.07, 6.45) is -7.66. The summed E-state index contributed by atoms with van der Waals surface area (Å²) in [6.45, 7) is 0.280. The predicted molar refractivity (Wildman–Crippen MR) is 95.9 cm³/mol. The Morgan fingerprint density at radius 2 is 1.59 bits per heavy atom. The van der Waals surface area contributed by atoms with Crippen molar-refractivity contribution in [3.63, 3.8) is 0 Å². The van der Waals surface area contributed by atoms with Gasteiger partial charge >= 0.3 is 12.4 Å². The van der Waals surface area contributed by atoms with Crippen molar-refractivity contribution in [1.82, 2.24) is 4.98 Å². The Morgan fingerprint density at radius 1 is 0.862 bits per heavy atom. The van der Waals surface area contributed by atoms with E-state index in [0.717, 1.165) is 18.2 Å². The predicted octanol–water partition coefficient (Wildman–Crippen LogP) is 6.13. The lowest BCUT2D eigenvalue weighted by Gasteiger charge is -2.19. The fourth-order valence-corrected chi connectivity index (χ4v) is 3.19. The first-order valence-corrected chi connectivity index (χ1v) is 8.50. The highest BCUT2D eigenvalue weighted by molar-refractivity contribution is 5.72. The first-order valence-electron chi connectivity index (χ1n) is 8.50. The van der Waals surface area contributed by atoms with Gasteiger partial charge in [-0.05, 0) is 54.1 Å². The van der Waals surface area contributed by atoms with E-state index < -0.39 is 23.5 Å². The molecule has 1 aliphatic heterocycles. The van der Waals surface area contributed by atoms with Gasteiger partial charge in [0.2, 0.25) is 0 Å². The Bertz CT molecular complexity index is 1040.